The number of halogens is 2. The van der Waals surface area contributed by atoms with E-state index in [0.29, 0.717) is 35.2 Å². The summed E-state index contributed by atoms with van der Waals surface area (Å²) in [6, 6.07) is 13.7. The zero-order valence-corrected chi connectivity index (χ0v) is 18.5. The van der Waals surface area contributed by atoms with Crippen LogP contribution in [0.5, 0.6) is 0 Å². The summed E-state index contributed by atoms with van der Waals surface area (Å²) in [5.74, 6) is 0.904. The molecule has 4 aromatic rings. The van der Waals surface area contributed by atoms with Crippen LogP contribution >= 0.6 is 15.9 Å². The SMILES string of the molecule is O=C(Nc1ccc(Br)cn1)[C@H]1CCCN(c2ccc3nnc(-c4ccccc4F)n3n2)C1. The van der Waals surface area contributed by atoms with Crippen LogP contribution in [0.2, 0.25) is 0 Å². The van der Waals surface area contributed by atoms with Gasteiger partial charge in [0.15, 0.2) is 11.5 Å². The fraction of sp³-hybridized carbons (Fsp3) is 0.227. The Labute approximate surface area is 191 Å². The molecule has 3 aromatic heterocycles. The molecule has 1 aliphatic rings. The van der Waals surface area contributed by atoms with Crippen LogP contribution in [-0.2, 0) is 4.79 Å². The normalized spacial score (nSPS) is 16.3. The molecule has 0 spiro atoms. The number of fused-ring (bicyclic) bond motifs is 1. The number of piperidine rings is 1. The molecule has 162 valence electrons. The van der Waals surface area contributed by atoms with Gasteiger partial charge in [-0.25, -0.2) is 9.37 Å². The number of carbonyl (C=O) groups excluding carboxylic acids is 1. The van der Waals surface area contributed by atoms with Gasteiger partial charge in [-0.3, -0.25) is 4.79 Å². The first-order valence-electron chi connectivity index (χ1n) is 10.2. The van der Waals surface area contributed by atoms with Crippen molar-refractivity contribution < 1.29 is 9.18 Å². The van der Waals surface area contributed by atoms with Crippen molar-refractivity contribution in [2.75, 3.05) is 23.3 Å². The Kier molecular flexibility index (Phi) is 5.52. The van der Waals surface area contributed by atoms with Crippen molar-refractivity contribution in [1.82, 2.24) is 24.8 Å². The van der Waals surface area contributed by atoms with Crippen LogP contribution in [0, 0.1) is 11.7 Å². The van der Waals surface area contributed by atoms with Gasteiger partial charge in [-0.2, -0.15) is 4.52 Å². The van der Waals surface area contributed by atoms with Crippen LogP contribution in [0.15, 0.2) is 59.2 Å². The Bertz CT molecular complexity index is 1280. The maximum Gasteiger partial charge on any atom is 0.230 e. The third-order valence-corrected chi connectivity index (χ3v) is 5.93. The summed E-state index contributed by atoms with van der Waals surface area (Å²) < 4.78 is 16.7. The molecule has 8 nitrogen and oxygen atoms in total. The number of pyridine rings is 1. The molecule has 1 aromatic carbocycles. The van der Waals surface area contributed by atoms with E-state index >= 15 is 0 Å². The second-order valence-corrected chi connectivity index (χ2v) is 8.52. The lowest BCUT2D eigenvalue weighted by atomic mass is 9.97. The molecule has 1 saturated heterocycles. The number of rotatable bonds is 4. The number of nitrogens with one attached hydrogen (secondary N) is 1. The van der Waals surface area contributed by atoms with Gasteiger partial charge >= 0.3 is 0 Å². The minimum absolute atomic E-state index is 0.0676. The zero-order valence-electron chi connectivity index (χ0n) is 16.9. The number of carbonyl (C=O) groups is 1. The van der Waals surface area contributed by atoms with Crippen molar-refractivity contribution in [3.8, 4) is 11.4 Å². The van der Waals surface area contributed by atoms with Crippen molar-refractivity contribution in [3.63, 3.8) is 0 Å². The third kappa shape index (κ3) is 4.05. The number of aromatic nitrogens is 5. The standard InChI is InChI=1S/C22H19BrFN7O/c23-15-7-8-18(25-12-15)26-22(32)14-4-3-11-30(13-14)20-10-9-19-27-28-21(31(19)29-20)16-5-1-2-6-17(16)24/h1-2,5-10,12,14H,3-4,11,13H2,(H,25,26,32)/t14-/m0/s1. The van der Waals surface area contributed by atoms with Gasteiger partial charge in [0.1, 0.15) is 17.5 Å². The Hall–Kier alpha value is -3.40. The molecule has 1 amide bonds. The van der Waals surface area contributed by atoms with Crippen molar-refractivity contribution in [1.29, 1.82) is 0 Å². The van der Waals surface area contributed by atoms with E-state index in [-0.39, 0.29) is 17.6 Å². The monoisotopic (exact) mass is 495 g/mol. The highest BCUT2D eigenvalue weighted by atomic mass is 79.9. The lowest BCUT2D eigenvalue weighted by molar-refractivity contribution is -0.120. The van der Waals surface area contributed by atoms with Crippen molar-refractivity contribution in [3.05, 3.63) is 65.0 Å². The molecule has 0 saturated carbocycles. The molecule has 1 N–H and O–H groups in total. The molecule has 1 atom stereocenters. The van der Waals surface area contributed by atoms with Gasteiger partial charge in [0.25, 0.3) is 0 Å². The molecule has 0 unspecified atom stereocenters. The average Bonchev–Trinajstić information content (AvgIpc) is 3.24. The van der Waals surface area contributed by atoms with E-state index < -0.39 is 0 Å². The molecular weight excluding hydrogens is 477 g/mol. The van der Waals surface area contributed by atoms with Crippen LogP contribution in [0.3, 0.4) is 0 Å². The van der Waals surface area contributed by atoms with E-state index in [2.05, 4.69) is 46.4 Å². The zero-order chi connectivity index (χ0) is 22.1. The van der Waals surface area contributed by atoms with Crippen LogP contribution < -0.4 is 10.2 Å². The summed E-state index contributed by atoms with van der Waals surface area (Å²) in [7, 11) is 0. The molecule has 4 heterocycles. The van der Waals surface area contributed by atoms with Crippen molar-refractivity contribution in [2.24, 2.45) is 5.92 Å². The highest BCUT2D eigenvalue weighted by Crippen LogP contribution is 2.25. The van der Waals surface area contributed by atoms with Gasteiger partial charge in [-0.15, -0.1) is 15.3 Å². The molecule has 5 rings (SSSR count). The Balaban J connectivity index is 1.37. The summed E-state index contributed by atoms with van der Waals surface area (Å²) in [6.07, 6.45) is 3.29. The topological polar surface area (TPSA) is 88.3 Å². The predicted molar refractivity (Wildman–Crippen MR) is 122 cm³/mol. The summed E-state index contributed by atoms with van der Waals surface area (Å²) in [6.45, 7) is 1.30. The van der Waals surface area contributed by atoms with E-state index in [0.717, 1.165) is 23.9 Å². The minimum atomic E-state index is -0.384. The second kappa shape index (κ2) is 8.62. The smallest absolute Gasteiger partial charge is 0.230 e. The minimum Gasteiger partial charge on any atom is -0.354 e. The highest BCUT2D eigenvalue weighted by molar-refractivity contribution is 9.10. The van der Waals surface area contributed by atoms with E-state index in [1.54, 1.807) is 41.0 Å². The van der Waals surface area contributed by atoms with Crippen LogP contribution in [-0.4, -0.2) is 43.8 Å². The van der Waals surface area contributed by atoms with Gasteiger partial charge in [0.05, 0.1) is 11.5 Å². The maximum absolute atomic E-state index is 14.3. The first-order valence-corrected chi connectivity index (χ1v) is 11.0. The summed E-state index contributed by atoms with van der Waals surface area (Å²) in [4.78, 5) is 19.1. The molecular formula is C22H19BrFN7O. The maximum atomic E-state index is 14.3. The molecule has 1 aliphatic heterocycles. The quantitative estimate of drug-likeness (QED) is 0.461. The van der Waals surface area contributed by atoms with E-state index in [1.165, 1.54) is 6.07 Å². The van der Waals surface area contributed by atoms with E-state index in [4.69, 9.17) is 0 Å². The lowest BCUT2D eigenvalue weighted by Crippen LogP contribution is -2.41. The largest absolute Gasteiger partial charge is 0.354 e. The van der Waals surface area contributed by atoms with Gasteiger partial charge in [-0.1, -0.05) is 12.1 Å². The first-order chi connectivity index (χ1) is 15.6. The average molecular weight is 496 g/mol. The third-order valence-electron chi connectivity index (χ3n) is 5.46. The van der Waals surface area contributed by atoms with Gasteiger partial charge in [0.2, 0.25) is 5.91 Å². The molecule has 0 radical (unpaired) electrons. The van der Waals surface area contributed by atoms with Crippen molar-refractivity contribution >= 4 is 39.1 Å². The van der Waals surface area contributed by atoms with Crippen LogP contribution in [0.4, 0.5) is 16.0 Å². The van der Waals surface area contributed by atoms with E-state index in [9.17, 15) is 9.18 Å². The first kappa shape index (κ1) is 20.5. The fourth-order valence-corrected chi connectivity index (χ4v) is 4.07. The highest BCUT2D eigenvalue weighted by Gasteiger charge is 2.27. The molecule has 0 bridgehead atoms. The number of nitrogens with zero attached hydrogens (tertiary/aromatic N) is 6. The molecule has 10 heteroatoms. The second-order valence-electron chi connectivity index (χ2n) is 7.60. The summed E-state index contributed by atoms with van der Waals surface area (Å²) >= 11 is 3.34. The summed E-state index contributed by atoms with van der Waals surface area (Å²) in [5.41, 5.74) is 0.863. The summed E-state index contributed by atoms with van der Waals surface area (Å²) in [5, 5.41) is 15.8. The van der Waals surface area contributed by atoms with Crippen LogP contribution in [0.1, 0.15) is 12.8 Å². The molecule has 1 fully saturated rings. The Morgan fingerprint density at radius 2 is 2.00 bits per heavy atom. The number of benzene rings is 1. The van der Waals surface area contributed by atoms with Crippen molar-refractivity contribution in [2.45, 2.75) is 12.8 Å². The number of anilines is 2. The van der Waals surface area contributed by atoms with Gasteiger partial charge in [-0.05, 0) is 65.2 Å². The number of hydrogen-bond donors (Lipinski definition) is 1. The number of hydrogen-bond acceptors (Lipinski definition) is 6. The Morgan fingerprint density at radius 1 is 1.12 bits per heavy atom. The predicted octanol–water partition coefficient (Wildman–Crippen LogP) is 3.94. The fourth-order valence-electron chi connectivity index (χ4n) is 3.84. The Morgan fingerprint density at radius 3 is 2.81 bits per heavy atom. The number of amides is 1. The van der Waals surface area contributed by atoms with E-state index in [1.807, 2.05) is 12.1 Å². The van der Waals surface area contributed by atoms with Gasteiger partial charge < -0.3 is 10.2 Å². The van der Waals surface area contributed by atoms with Gasteiger partial charge in [0, 0.05) is 23.8 Å². The van der Waals surface area contributed by atoms with Crippen LogP contribution in [0.25, 0.3) is 17.0 Å². The molecule has 32 heavy (non-hydrogen) atoms. The lowest BCUT2D eigenvalue weighted by Gasteiger charge is -2.32. The molecule has 0 aliphatic carbocycles.